The molecule has 1 unspecified atom stereocenters. The number of hydrogen-bond acceptors (Lipinski definition) is 3. The standard InChI is InChI=1S/C24H30N4O/c1-17-4-5-22-21(14-17)20-8-12-27(3)13-9-23(20)28(22)16-19(15-24(29)25-2)18-6-10-26-11-7-18/h4-7,10-11,14,19H,8-9,12-13,15-16H2,1-3H3,(H,25,29). The van der Waals surface area contributed by atoms with Crippen LogP contribution in [0.5, 0.6) is 0 Å². The molecule has 0 spiro atoms. The second-order valence-electron chi connectivity index (χ2n) is 8.21. The van der Waals surface area contributed by atoms with Gasteiger partial charge < -0.3 is 14.8 Å². The SMILES string of the molecule is CNC(=O)CC(Cn1c2c(c3cc(C)ccc31)CCN(C)CC2)c1ccncc1. The third-order valence-corrected chi connectivity index (χ3v) is 6.21. The van der Waals surface area contributed by atoms with E-state index in [1.807, 2.05) is 24.5 Å². The van der Waals surface area contributed by atoms with Crippen LogP contribution in [0.15, 0.2) is 42.7 Å². The zero-order valence-electron chi connectivity index (χ0n) is 17.6. The summed E-state index contributed by atoms with van der Waals surface area (Å²) in [5.74, 6) is 0.185. The third-order valence-electron chi connectivity index (χ3n) is 6.21. The minimum atomic E-state index is 0.0740. The molecule has 2 aromatic heterocycles. The fraction of sp³-hybridized carbons (Fsp3) is 0.417. The summed E-state index contributed by atoms with van der Waals surface area (Å²) in [5.41, 5.74) is 6.68. The maximum absolute atomic E-state index is 12.3. The highest BCUT2D eigenvalue weighted by molar-refractivity contribution is 5.86. The summed E-state index contributed by atoms with van der Waals surface area (Å²) in [6.45, 7) is 5.12. The smallest absolute Gasteiger partial charge is 0.220 e. The number of aryl methyl sites for hydroxylation is 1. The number of carbonyl (C=O) groups is 1. The van der Waals surface area contributed by atoms with Gasteiger partial charge in [0.2, 0.25) is 5.91 Å². The molecule has 0 saturated carbocycles. The molecule has 4 rings (SSSR count). The van der Waals surface area contributed by atoms with Crippen molar-refractivity contribution in [1.29, 1.82) is 0 Å². The Morgan fingerprint density at radius 1 is 1.17 bits per heavy atom. The lowest BCUT2D eigenvalue weighted by molar-refractivity contribution is -0.121. The summed E-state index contributed by atoms with van der Waals surface area (Å²) in [4.78, 5) is 18.9. The lowest BCUT2D eigenvalue weighted by Gasteiger charge is -2.21. The maximum Gasteiger partial charge on any atom is 0.220 e. The zero-order valence-corrected chi connectivity index (χ0v) is 17.6. The number of pyridine rings is 1. The van der Waals surface area contributed by atoms with Crippen molar-refractivity contribution < 1.29 is 4.79 Å². The largest absolute Gasteiger partial charge is 0.359 e. The lowest BCUT2D eigenvalue weighted by atomic mass is 9.95. The van der Waals surface area contributed by atoms with E-state index in [1.54, 1.807) is 7.05 Å². The van der Waals surface area contributed by atoms with Crippen molar-refractivity contribution in [3.05, 3.63) is 65.1 Å². The van der Waals surface area contributed by atoms with Crippen molar-refractivity contribution in [1.82, 2.24) is 19.8 Å². The molecule has 0 radical (unpaired) electrons. The number of nitrogens with zero attached hydrogens (tertiary/aromatic N) is 3. The van der Waals surface area contributed by atoms with Crippen LogP contribution in [0.25, 0.3) is 10.9 Å². The molecule has 0 saturated heterocycles. The molecule has 1 aliphatic heterocycles. The number of rotatable bonds is 5. The van der Waals surface area contributed by atoms with E-state index >= 15 is 0 Å². The normalized spacial score (nSPS) is 15.7. The second kappa shape index (κ2) is 8.37. The highest BCUT2D eigenvalue weighted by Crippen LogP contribution is 2.33. The molecule has 0 fully saturated rings. The van der Waals surface area contributed by atoms with Gasteiger partial charge in [0.15, 0.2) is 0 Å². The van der Waals surface area contributed by atoms with E-state index in [0.29, 0.717) is 6.42 Å². The minimum Gasteiger partial charge on any atom is -0.359 e. The number of nitrogens with one attached hydrogen (secondary N) is 1. The average molecular weight is 391 g/mol. The number of aromatic nitrogens is 2. The van der Waals surface area contributed by atoms with Crippen LogP contribution >= 0.6 is 0 Å². The first-order valence-corrected chi connectivity index (χ1v) is 10.5. The summed E-state index contributed by atoms with van der Waals surface area (Å²) >= 11 is 0. The molecule has 152 valence electrons. The van der Waals surface area contributed by atoms with E-state index in [0.717, 1.165) is 38.0 Å². The van der Waals surface area contributed by atoms with Crippen LogP contribution in [0.4, 0.5) is 0 Å². The van der Waals surface area contributed by atoms with Crippen molar-refractivity contribution in [2.45, 2.75) is 38.6 Å². The van der Waals surface area contributed by atoms with Gasteiger partial charge in [-0.1, -0.05) is 11.6 Å². The number of likely N-dealkylation sites (N-methyl/N-ethyl adjacent to an activating group) is 1. The van der Waals surface area contributed by atoms with Gasteiger partial charge in [0.1, 0.15) is 0 Å². The Labute approximate surface area is 172 Å². The van der Waals surface area contributed by atoms with Crippen LogP contribution in [-0.4, -0.2) is 47.5 Å². The number of amides is 1. The van der Waals surface area contributed by atoms with Gasteiger partial charge in [0.05, 0.1) is 0 Å². The van der Waals surface area contributed by atoms with Crippen molar-refractivity contribution in [3.8, 4) is 0 Å². The molecule has 3 heterocycles. The monoisotopic (exact) mass is 390 g/mol. The van der Waals surface area contributed by atoms with Crippen LogP contribution in [0.3, 0.4) is 0 Å². The van der Waals surface area contributed by atoms with Gasteiger partial charge in [-0.05, 0) is 55.8 Å². The van der Waals surface area contributed by atoms with E-state index in [4.69, 9.17) is 0 Å². The molecule has 5 nitrogen and oxygen atoms in total. The second-order valence-corrected chi connectivity index (χ2v) is 8.21. The topological polar surface area (TPSA) is 50.2 Å². The predicted octanol–water partition coefficient (Wildman–Crippen LogP) is 3.30. The van der Waals surface area contributed by atoms with Crippen molar-refractivity contribution in [3.63, 3.8) is 0 Å². The molecule has 1 aromatic carbocycles. The molecule has 1 atom stereocenters. The van der Waals surface area contributed by atoms with Gasteiger partial charge in [-0.3, -0.25) is 9.78 Å². The van der Waals surface area contributed by atoms with Gasteiger partial charge in [0.25, 0.3) is 0 Å². The third kappa shape index (κ3) is 4.06. The van der Waals surface area contributed by atoms with Gasteiger partial charge in [0, 0.05) is 74.4 Å². The highest BCUT2D eigenvalue weighted by Gasteiger charge is 2.24. The molecular formula is C24H30N4O. The van der Waals surface area contributed by atoms with Gasteiger partial charge >= 0.3 is 0 Å². The van der Waals surface area contributed by atoms with E-state index in [-0.39, 0.29) is 11.8 Å². The number of fused-ring (bicyclic) bond motifs is 3. The summed E-state index contributed by atoms with van der Waals surface area (Å²) in [6, 6.07) is 10.9. The Kier molecular flexibility index (Phi) is 5.67. The number of carbonyl (C=O) groups excluding carboxylic acids is 1. The Morgan fingerprint density at radius 3 is 2.69 bits per heavy atom. The zero-order chi connectivity index (χ0) is 20.4. The molecule has 29 heavy (non-hydrogen) atoms. The van der Waals surface area contributed by atoms with Crippen molar-refractivity contribution in [2.75, 3.05) is 27.2 Å². The Morgan fingerprint density at radius 2 is 1.93 bits per heavy atom. The van der Waals surface area contributed by atoms with Crippen molar-refractivity contribution >= 4 is 16.8 Å². The predicted molar refractivity (Wildman–Crippen MR) is 117 cm³/mol. The number of benzene rings is 1. The van der Waals surface area contributed by atoms with Gasteiger partial charge in [-0.2, -0.15) is 0 Å². The van der Waals surface area contributed by atoms with E-state index in [9.17, 15) is 4.79 Å². The van der Waals surface area contributed by atoms with Crippen LogP contribution in [0, 0.1) is 6.92 Å². The van der Waals surface area contributed by atoms with Crippen LogP contribution in [0.2, 0.25) is 0 Å². The van der Waals surface area contributed by atoms with Gasteiger partial charge in [-0.15, -0.1) is 0 Å². The lowest BCUT2D eigenvalue weighted by Crippen LogP contribution is -2.24. The summed E-state index contributed by atoms with van der Waals surface area (Å²) in [7, 11) is 3.91. The first kappa shape index (κ1) is 19.6. The Balaban J connectivity index is 1.80. The molecule has 1 N–H and O–H groups in total. The van der Waals surface area contributed by atoms with E-state index in [2.05, 4.69) is 51.9 Å². The molecule has 5 heteroatoms. The fourth-order valence-corrected chi connectivity index (χ4v) is 4.54. The highest BCUT2D eigenvalue weighted by atomic mass is 16.1. The van der Waals surface area contributed by atoms with E-state index < -0.39 is 0 Å². The van der Waals surface area contributed by atoms with E-state index in [1.165, 1.54) is 27.7 Å². The van der Waals surface area contributed by atoms with Crippen molar-refractivity contribution in [2.24, 2.45) is 0 Å². The summed E-state index contributed by atoms with van der Waals surface area (Å²) in [5, 5.41) is 4.18. The average Bonchev–Trinajstić information content (AvgIpc) is 2.87. The quantitative estimate of drug-likeness (QED) is 0.727. The van der Waals surface area contributed by atoms with Crippen LogP contribution in [-0.2, 0) is 24.2 Å². The fourth-order valence-electron chi connectivity index (χ4n) is 4.54. The minimum absolute atomic E-state index is 0.0740. The van der Waals surface area contributed by atoms with Crippen LogP contribution < -0.4 is 5.32 Å². The van der Waals surface area contributed by atoms with Gasteiger partial charge in [-0.25, -0.2) is 0 Å². The first-order chi connectivity index (χ1) is 14.1. The molecule has 0 aliphatic carbocycles. The summed E-state index contributed by atoms with van der Waals surface area (Å²) < 4.78 is 2.48. The summed E-state index contributed by atoms with van der Waals surface area (Å²) in [6.07, 6.45) is 6.23. The molecule has 3 aromatic rings. The molecule has 1 aliphatic rings. The number of hydrogen-bond donors (Lipinski definition) is 1. The van der Waals surface area contributed by atoms with Crippen LogP contribution in [0.1, 0.15) is 34.7 Å². The first-order valence-electron chi connectivity index (χ1n) is 10.5. The maximum atomic E-state index is 12.3. The molecular weight excluding hydrogens is 360 g/mol. The molecule has 0 bridgehead atoms. The Bertz CT molecular complexity index is 1010. The molecule has 1 amide bonds. The Hall–Kier alpha value is -2.66.